The summed E-state index contributed by atoms with van der Waals surface area (Å²) in [5.41, 5.74) is 2.18. The van der Waals surface area contributed by atoms with Gasteiger partial charge in [0.2, 0.25) is 0 Å². The van der Waals surface area contributed by atoms with Gasteiger partial charge in [0, 0.05) is 0 Å². The summed E-state index contributed by atoms with van der Waals surface area (Å²) in [5.74, 6) is 0. The Balaban J connectivity index is 1.73. The zero-order valence-corrected chi connectivity index (χ0v) is 19.4. The third-order valence-corrected chi connectivity index (χ3v) is 9.56. The summed E-state index contributed by atoms with van der Waals surface area (Å²) < 4.78 is 56.6. The van der Waals surface area contributed by atoms with Gasteiger partial charge in [0.25, 0.3) is 20.0 Å². The summed E-state index contributed by atoms with van der Waals surface area (Å²) >= 11 is 14.4. The van der Waals surface area contributed by atoms with Crippen LogP contribution in [0.15, 0.2) is 62.5 Å². The first-order valence-electron chi connectivity index (χ1n) is 8.07. The number of anilines is 2. The highest BCUT2D eigenvalue weighted by Crippen LogP contribution is 2.36. The van der Waals surface area contributed by atoms with E-state index in [-0.39, 0.29) is 30.5 Å². The minimum atomic E-state index is -4.05. The van der Waals surface area contributed by atoms with E-state index in [1.807, 2.05) is 0 Å². The summed E-state index contributed by atoms with van der Waals surface area (Å²) in [6.07, 6.45) is 0. The average Bonchev–Trinajstić information content (AvgIpc) is 3.36. The zero-order valence-electron chi connectivity index (χ0n) is 14.7. The Labute approximate surface area is 190 Å². The van der Waals surface area contributed by atoms with Crippen molar-refractivity contribution in [1.82, 2.24) is 4.98 Å². The first kappa shape index (κ1) is 21.3. The summed E-state index contributed by atoms with van der Waals surface area (Å²) in [7, 11) is -7.99. The van der Waals surface area contributed by atoms with E-state index < -0.39 is 20.0 Å². The molecule has 0 fully saturated rings. The predicted octanol–water partition coefficient (Wildman–Crippen LogP) is 5.27. The van der Waals surface area contributed by atoms with E-state index in [9.17, 15) is 16.8 Å². The number of halogens is 2. The van der Waals surface area contributed by atoms with Crippen LogP contribution < -0.4 is 9.44 Å². The number of hydrogen-bond acceptors (Lipinski definition) is 7. The number of aromatic nitrogens is 1. The molecule has 2 aromatic heterocycles. The van der Waals surface area contributed by atoms with Crippen LogP contribution in [0.5, 0.6) is 0 Å². The second-order valence-electron chi connectivity index (χ2n) is 5.94. The number of thiazole rings is 1. The van der Waals surface area contributed by atoms with Gasteiger partial charge in [-0.3, -0.25) is 9.44 Å². The molecule has 0 saturated carbocycles. The number of rotatable bonds is 6. The van der Waals surface area contributed by atoms with Crippen molar-refractivity contribution in [3.05, 3.63) is 63.4 Å². The van der Waals surface area contributed by atoms with Crippen LogP contribution in [-0.4, -0.2) is 21.8 Å². The molecule has 0 saturated heterocycles. The molecule has 2 N–H and O–H groups in total. The maximum absolute atomic E-state index is 12.9. The van der Waals surface area contributed by atoms with E-state index in [2.05, 4.69) is 14.4 Å². The molecule has 156 valence electrons. The number of nitrogens with zero attached hydrogens (tertiary/aromatic N) is 1. The summed E-state index contributed by atoms with van der Waals surface area (Å²) in [4.78, 5) is 4.12. The maximum atomic E-state index is 12.9. The van der Waals surface area contributed by atoms with Gasteiger partial charge in [-0.25, -0.2) is 21.8 Å². The van der Waals surface area contributed by atoms with Crippen molar-refractivity contribution in [2.24, 2.45) is 0 Å². The van der Waals surface area contributed by atoms with Gasteiger partial charge in [-0.15, -0.1) is 22.7 Å². The Morgan fingerprint density at radius 2 is 1.50 bits per heavy atom. The molecule has 7 nitrogen and oxygen atoms in total. The van der Waals surface area contributed by atoms with Crippen LogP contribution in [0.3, 0.4) is 0 Å². The Morgan fingerprint density at radius 1 is 0.833 bits per heavy atom. The lowest BCUT2D eigenvalue weighted by Crippen LogP contribution is -2.17. The number of hydrogen-bond donors (Lipinski definition) is 2. The molecule has 4 aromatic rings. The van der Waals surface area contributed by atoms with E-state index in [0.717, 1.165) is 11.3 Å². The molecule has 13 heteroatoms. The highest BCUT2D eigenvalue weighted by molar-refractivity contribution is 7.94. The molecular weight excluding hydrogens is 509 g/mol. The van der Waals surface area contributed by atoms with Crippen LogP contribution >= 0.6 is 45.9 Å². The van der Waals surface area contributed by atoms with Gasteiger partial charge in [0.05, 0.1) is 42.0 Å². The summed E-state index contributed by atoms with van der Waals surface area (Å²) in [6.45, 7) is 0. The molecule has 0 aliphatic heterocycles. The van der Waals surface area contributed by atoms with E-state index in [1.54, 1.807) is 23.0 Å². The Kier molecular flexibility index (Phi) is 5.68. The highest BCUT2D eigenvalue weighted by atomic mass is 35.5. The molecule has 4 rings (SSSR count). The van der Waals surface area contributed by atoms with Crippen molar-refractivity contribution >= 4 is 87.5 Å². The molecule has 0 atom stereocenters. The second kappa shape index (κ2) is 7.98. The molecule has 0 aliphatic carbocycles. The minimum Gasteiger partial charge on any atom is -0.277 e. The van der Waals surface area contributed by atoms with Crippen LogP contribution in [0.4, 0.5) is 11.4 Å². The molecule has 0 spiro atoms. The monoisotopic (exact) mass is 519 g/mol. The van der Waals surface area contributed by atoms with Crippen LogP contribution in [0.25, 0.3) is 10.2 Å². The first-order valence-corrected chi connectivity index (χ1v) is 13.6. The second-order valence-corrected chi connectivity index (χ2v) is 12.2. The SMILES string of the molecule is O=S(=O)(Nc1cc(Cl)c(Cl)cc1NS(=O)(=O)c1cccs1)c1ccc2ncsc2c1. The number of fused-ring (bicyclic) bond motifs is 1. The van der Waals surface area contributed by atoms with Crippen LogP contribution in [-0.2, 0) is 20.0 Å². The fourth-order valence-corrected chi connectivity index (χ4v) is 6.81. The number of sulfonamides is 2. The summed E-state index contributed by atoms with van der Waals surface area (Å²) in [5, 5.41) is 1.74. The topological polar surface area (TPSA) is 105 Å². The molecule has 0 aliphatic rings. The Bertz CT molecular complexity index is 1450. The van der Waals surface area contributed by atoms with Crippen molar-refractivity contribution in [3.63, 3.8) is 0 Å². The fourth-order valence-electron chi connectivity index (χ4n) is 2.53. The third kappa shape index (κ3) is 4.27. The molecule has 0 unspecified atom stereocenters. The van der Waals surface area contributed by atoms with Gasteiger partial charge in [0.1, 0.15) is 4.21 Å². The van der Waals surface area contributed by atoms with E-state index >= 15 is 0 Å². The lowest BCUT2D eigenvalue weighted by atomic mass is 10.3. The largest absolute Gasteiger partial charge is 0.277 e. The van der Waals surface area contributed by atoms with Crippen molar-refractivity contribution in [2.45, 2.75) is 9.10 Å². The third-order valence-electron chi connectivity index (χ3n) is 3.92. The van der Waals surface area contributed by atoms with Gasteiger partial charge in [-0.05, 0) is 41.8 Å². The minimum absolute atomic E-state index is 0.00242. The quantitative estimate of drug-likeness (QED) is 0.361. The Morgan fingerprint density at radius 3 is 2.13 bits per heavy atom. The molecule has 2 aromatic carbocycles. The maximum Gasteiger partial charge on any atom is 0.271 e. The number of thiophene rings is 1. The molecule has 2 heterocycles. The molecule has 0 bridgehead atoms. The Hall–Kier alpha value is -1.89. The smallest absolute Gasteiger partial charge is 0.271 e. The van der Waals surface area contributed by atoms with E-state index in [1.165, 1.54) is 41.7 Å². The van der Waals surface area contributed by atoms with Crippen LogP contribution in [0.2, 0.25) is 10.0 Å². The molecular formula is C17H11Cl2N3O4S4. The first-order chi connectivity index (χ1) is 14.2. The normalized spacial score (nSPS) is 12.2. The lowest BCUT2D eigenvalue weighted by Gasteiger charge is -2.15. The van der Waals surface area contributed by atoms with Crippen molar-refractivity contribution in [3.8, 4) is 0 Å². The van der Waals surface area contributed by atoms with Gasteiger partial charge < -0.3 is 0 Å². The average molecular weight is 520 g/mol. The van der Waals surface area contributed by atoms with Crippen molar-refractivity contribution in [1.29, 1.82) is 0 Å². The van der Waals surface area contributed by atoms with E-state index in [4.69, 9.17) is 23.2 Å². The highest BCUT2D eigenvalue weighted by Gasteiger charge is 2.22. The lowest BCUT2D eigenvalue weighted by molar-refractivity contribution is 0.600. The molecule has 0 amide bonds. The summed E-state index contributed by atoms with van der Waals surface area (Å²) in [6, 6.07) is 10.0. The van der Waals surface area contributed by atoms with Crippen LogP contribution in [0.1, 0.15) is 0 Å². The van der Waals surface area contributed by atoms with Gasteiger partial charge in [-0.2, -0.15) is 0 Å². The van der Waals surface area contributed by atoms with Gasteiger partial charge in [-0.1, -0.05) is 29.3 Å². The standard InChI is InChI=1S/C17H11Cl2N3O4S4/c18-11-7-14(15(8-12(11)19)22-30(25,26)17-2-1-5-27-17)21-29(23,24)10-3-4-13-16(6-10)28-9-20-13/h1-9,21-22H. The number of benzene rings is 2. The fraction of sp³-hybridized carbons (Fsp3) is 0. The van der Waals surface area contributed by atoms with Crippen LogP contribution in [0, 0.1) is 0 Å². The van der Waals surface area contributed by atoms with Gasteiger partial charge >= 0.3 is 0 Å². The zero-order chi connectivity index (χ0) is 21.5. The van der Waals surface area contributed by atoms with Crippen molar-refractivity contribution in [2.75, 3.05) is 9.44 Å². The predicted molar refractivity (Wildman–Crippen MR) is 122 cm³/mol. The van der Waals surface area contributed by atoms with E-state index in [0.29, 0.717) is 10.2 Å². The number of nitrogens with one attached hydrogen (secondary N) is 2. The van der Waals surface area contributed by atoms with Crippen molar-refractivity contribution < 1.29 is 16.8 Å². The molecule has 0 radical (unpaired) electrons. The molecule has 30 heavy (non-hydrogen) atoms. The van der Waals surface area contributed by atoms with Gasteiger partial charge in [0.15, 0.2) is 0 Å².